The largest absolute Gasteiger partial charge is 0.493 e. The van der Waals surface area contributed by atoms with Crippen LogP contribution in [0, 0.1) is 6.92 Å². The summed E-state index contributed by atoms with van der Waals surface area (Å²) in [6.07, 6.45) is 1.65. The number of fused-ring (bicyclic) bond motifs is 1. The van der Waals surface area contributed by atoms with Crippen LogP contribution in [0.3, 0.4) is 0 Å². The zero-order valence-corrected chi connectivity index (χ0v) is 24.2. The molecule has 0 atom stereocenters. The number of nitrogens with one attached hydrogen (secondary N) is 1. The lowest BCUT2D eigenvalue weighted by Crippen LogP contribution is -2.27. The van der Waals surface area contributed by atoms with Crippen LogP contribution in [0.25, 0.3) is 16.8 Å². The van der Waals surface area contributed by atoms with Crippen molar-refractivity contribution < 1.29 is 23.9 Å². The minimum Gasteiger partial charge on any atom is -0.493 e. The van der Waals surface area contributed by atoms with Gasteiger partial charge in [-0.2, -0.15) is 0 Å². The van der Waals surface area contributed by atoms with Gasteiger partial charge in [0.2, 0.25) is 0 Å². The summed E-state index contributed by atoms with van der Waals surface area (Å²) >= 11 is 4.38. The van der Waals surface area contributed by atoms with Gasteiger partial charge in [-0.15, -0.1) is 0 Å². The Hall–Kier alpha value is -4.08. The fourth-order valence-corrected chi connectivity index (χ4v) is 5.82. The minimum atomic E-state index is -0.355. The summed E-state index contributed by atoms with van der Waals surface area (Å²) in [4.78, 5) is 40.0. The topological polar surface area (TPSA) is 84.9 Å². The summed E-state index contributed by atoms with van der Waals surface area (Å²) in [5, 5.41) is 4.53. The number of imide groups is 1. The smallest absolute Gasteiger partial charge is 0.293 e. The first-order valence-corrected chi connectivity index (χ1v) is 14.0. The first kappa shape index (κ1) is 27.5. The first-order chi connectivity index (χ1) is 19.3. The molecule has 0 unspecified atom stereocenters. The molecule has 1 fully saturated rings. The maximum atomic E-state index is 13.2. The van der Waals surface area contributed by atoms with Crippen molar-refractivity contribution in [3.8, 4) is 11.5 Å². The molecule has 0 aromatic heterocycles. The third-order valence-corrected chi connectivity index (χ3v) is 7.78. The number of hydrogen-bond donors (Lipinski definition) is 1. The Bertz CT molecular complexity index is 1660. The second-order valence-corrected chi connectivity index (χ2v) is 11.0. The Balaban J connectivity index is 1.31. The molecule has 4 aromatic rings. The summed E-state index contributed by atoms with van der Waals surface area (Å²) in [6, 6.07) is 24.7. The van der Waals surface area contributed by atoms with E-state index >= 15 is 0 Å². The molecule has 0 spiro atoms. The molecule has 40 heavy (non-hydrogen) atoms. The lowest BCUT2D eigenvalue weighted by atomic mass is 10.0. The molecule has 1 heterocycles. The predicted molar refractivity (Wildman–Crippen MR) is 161 cm³/mol. The zero-order chi connectivity index (χ0) is 28.2. The van der Waals surface area contributed by atoms with Crippen molar-refractivity contribution in [2.45, 2.75) is 13.5 Å². The van der Waals surface area contributed by atoms with Gasteiger partial charge in [-0.05, 0) is 92.4 Å². The zero-order valence-electron chi connectivity index (χ0n) is 21.8. The van der Waals surface area contributed by atoms with Crippen LogP contribution in [0.5, 0.6) is 11.5 Å². The molecule has 7 nitrogen and oxygen atoms in total. The van der Waals surface area contributed by atoms with Gasteiger partial charge in [0.15, 0.2) is 18.1 Å². The lowest BCUT2D eigenvalue weighted by molar-refractivity contribution is -0.123. The average Bonchev–Trinajstić information content (AvgIpc) is 3.19. The number of anilines is 1. The van der Waals surface area contributed by atoms with E-state index in [9.17, 15) is 14.4 Å². The maximum absolute atomic E-state index is 13.2. The van der Waals surface area contributed by atoms with E-state index < -0.39 is 0 Å². The van der Waals surface area contributed by atoms with Crippen molar-refractivity contribution in [3.05, 3.63) is 105 Å². The van der Waals surface area contributed by atoms with E-state index in [0.717, 1.165) is 33.7 Å². The van der Waals surface area contributed by atoms with Gasteiger partial charge in [0.05, 0.1) is 23.0 Å². The normalized spacial score (nSPS) is 14.2. The predicted octanol–water partition coefficient (Wildman–Crippen LogP) is 7.17. The van der Waals surface area contributed by atoms with E-state index in [1.165, 1.54) is 12.0 Å². The highest BCUT2D eigenvalue weighted by atomic mass is 79.9. The second-order valence-electron chi connectivity index (χ2n) is 9.15. The van der Waals surface area contributed by atoms with Crippen LogP contribution in [0.4, 0.5) is 10.5 Å². The average molecular weight is 618 g/mol. The third-order valence-electron chi connectivity index (χ3n) is 6.28. The van der Waals surface area contributed by atoms with Crippen LogP contribution < -0.4 is 14.8 Å². The Kier molecular flexibility index (Phi) is 8.23. The molecule has 0 radical (unpaired) electrons. The Morgan fingerprint density at radius 1 is 1.02 bits per heavy atom. The number of ether oxygens (including phenoxy) is 2. The van der Waals surface area contributed by atoms with Gasteiger partial charge < -0.3 is 14.8 Å². The summed E-state index contributed by atoms with van der Waals surface area (Å²) < 4.78 is 11.8. The van der Waals surface area contributed by atoms with Gasteiger partial charge in [-0.1, -0.05) is 54.6 Å². The van der Waals surface area contributed by atoms with Crippen LogP contribution >= 0.6 is 27.7 Å². The number of aryl methyl sites for hydroxylation is 1. The molecule has 1 aliphatic heterocycles. The number of rotatable bonds is 8. The number of carbonyl (C=O) groups is 3. The second kappa shape index (κ2) is 12.0. The standard InChI is InChI=1S/C31H25BrN2O5S/c1-19-7-5-11-23(13-19)33-28(35)18-39-29-25(32)14-20(15-26(29)38-2)16-27-30(36)34(31(37)40-27)17-22-10-6-9-21-8-3-4-12-24(21)22/h3-16H,17-18H2,1-2H3,(H,33,35)/b27-16-. The monoisotopic (exact) mass is 616 g/mol. The molecule has 0 aliphatic carbocycles. The number of benzene rings is 4. The number of amides is 3. The Morgan fingerprint density at radius 3 is 2.60 bits per heavy atom. The summed E-state index contributed by atoms with van der Waals surface area (Å²) in [5.74, 6) is 0.0525. The quantitative estimate of drug-likeness (QED) is 0.211. The van der Waals surface area contributed by atoms with Gasteiger partial charge >= 0.3 is 0 Å². The first-order valence-electron chi connectivity index (χ1n) is 12.4. The Morgan fingerprint density at radius 2 is 1.80 bits per heavy atom. The fraction of sp³-hybridized carbons (Fsp3) is 0.129. The molecule has 3 amide bonds. The van der Waals surface area contributed by atoms with Gasteiger partial charge in [0, 0.05) is 5.69 Å². The van der Waals surface area contributed by atoms with Crippen molar-refractivity contribution in [3.63, 3.8) is 0 Å². The number of hydrogen-bond acceptors (Lipinski definition) is 6. The molecular formula is C31H25BrN2O5S. The third kappa shape index (κ3) is 6.05. The highest BCUT2D eigenvalue weighted by Gasteiger charge is 2.35. The molecule has 1 saturated heterocycles. The number of nitrogens with zero attached hydrogens (tertiary/aromatic N) is 1. The van der Waals surface area contributed by atoms with Gasteiger partial charge in [0.25, 0.3) is 17.1 Å². The number of thioether (sulfide) groups is 1. The van der Waals surface area contributed by atoms with Crippen LogP contribution in [0.2, 0.25) is 0 Å². The van der Waals surface area contributed by atoms with Crippen molar-refractivity contribution in [1.82, 2.24) is 4.90 Å². The summed E-state index contributed by atoms with van der Waals surface area (Å²) in [5.41, 5.74) is 3.25. The van der Waals surface area contributed by atoms with Gasteiger partial charge in [-0.25, -0.2) is 0 Å². The van der Waals surface area contributed by atoms with Gasteiger partial charge in [-0.3, -0.25) is 19.3 Å². The highest BCUT2D eigenvalue weighted by Crippen LogP contribution is 2.39. The van der Waals surface area contributed by atoms with E-state index in [-0.39, 0.29) is 30.2 Å². The summed E-state index contributed by atoms with van der Waals surface area (Å²) in [6.45, 7) is 1.91. The molecule has 0 saturated carbocycles. The van der Waals surface area contributed by atoms with E-state index in [1.54, 1.807) is 24.3 Å². The molecule has 202 valence electrons. The molecule has 5 rings (SSSR count). The van der Waals surface area contributed by atoms with Crippen LogP contribution in [0.15, 0.2) is 88.2 Å². The van der Waals surface area contributed by atoms with Crippen molar-refractivity contribution >= 4 is 67.3 Å². The van der Waals surface area contributed by atoms with Gasteiger partial charge in [0.1, 0.15) is 0 Å². The van der Waals surface area contributed by atoms with Crippen LogP contribution in [-0.4, -0.2) is 35.7 Å². The molecule has 1 aliphatic rings. The number of methoxy groups -OCH3 is 1. The molecule has 0 bridgehead atoms. The molecule has 4 aromatic carbocycles. The van der Waals surface area contributed by atoms with Crippen molar-refractivity contribution in [2.75, 3.05) is 19.0 Å². The lowest BCUT2D eigenvalue weighted by Gasteiger charge is -2.15. The SMILES string of the molecule is COc1cc(/C=C2\SC(=O)N(Cc3cccc4ccccc34)C2=O)cc(Br)c1OCC(=O)Nc1cccc(C)c1. The Labute approximate surface area is 244 Å². The van der Waals surface area contributed by atoms with Crippen molar-refractivity contribution in [2.24, 2.45) is 0 Å². The van der Waals surface area contributed by atoms with E-state index in [1.807, 2.05) is 67.6 Å². The van der Waals surface area contributed by atoms with Crippen molar-refractivity contribution in [1.29, 1.82) is 0 Å². The molecular weight excluding hydrogens is 592 g/mol. The van der Waals surface area contributed by atoms with Crippen LogP contribution in [0.1, 0.15) is 16.7 Å². The summed E-state index contributed by atoms with van der Waals surface area (Å²) in [7, 11) is 1.49. The van der Waals surface area contributed by atoms with E-state index in [2.05, 4.69) is 21.2 Å². The number of halogens is 1. The highest BCUT2D eigenvalue weighted by molar-refractivity contribution is 9.10. The van der Waals surface area contributed by atoms with E-state index in [0.29, 0.717) is 32.1 Å². The number of carbonyl (C=O) groups excluding carboxylic acids is 3. The minimum absolute atomic E-state index is 0.188. The van der Waals surface area contributed by atoms with Crippen LogP contribution in [-0.2, 0) is 16.1 Å². The molecule has 9 heteroatoms. The molecule has 1 N–H and O–H groups in total. The fourth-order valence-electron chi connectivity index (χ4n) is 4.41. The maximum Gasteiger partial charge on any atom is 0.293 e. The van der Waals surface area contributed by atoms with E-state index in [4.69, 9.17) is 9.47 Å².